The van der Waals surface area contributed by atoms with Gasteiger partial charge >= 0.3 is 5.97 Å². The molecule has 1 aliphatic rings. The molecule has 1 aliphatic carbocycles. The van der Waals surface area contributed by atoms with Gasteiger partial charge in [-0.3, -0.25) is 9.59 Å². The largest absolute Gasteiger partial charge is 0.481 e. The van der Waals surface area contributed by atoms with Crippen molar-refractivity contribution in [3.63, 3.8) is 0 Å². The molecular weight excluding hydrogens is 325 g/mol. The molecular formula is C16H19Cl2NO3. The molecule has 6 heteroatoms. The normalized spacial score (nSPS) is 26.7. The van der Waals surface area contributed by atoms with Crippen molar-refractivity contribution >= 4 is 40.8 Å². The van der Waals surface area contributed by atoms with Crippen molar-refractivity contribution in [1.82, 2.24) is 0 Å². The standard InChI is InChI=1S/C16H19Cl2NO3/c1-15(2)10(6-7-16(15,3)14(21)22)13(20)19-9-4-5-11(17)12(18)8-9/h4-5,8,10H,6-7H2,1-3H3,(H,19,20)(H,21,22)/t10-,16-/m1/s1. The number of nitrogens with one attached hydrogen (secondary N) is 1. The summed E-state index contributed by atoms with van der Waals surface area (Å²) in [6.07, 6.45) is 1.03. The zero-order valence-electron chi connectivity index (χ0n) is 12.7. The van der Waals surface area contributed by atoms with E-state index in [-0.39, 0.29) is 11.8 Å². The number of amides is 1. The lowest BCUT2D eigenvalue weighted by Gasteiger charge is -2.37. The van der Waals surface area contributed by atoms with Crippen LogP contribution in [0, 0.1) is 16.7 Å². The molecule has 0 aromatic heterocycles. The molecule has 1 aromatic rings. The van der Waals surface area contributed by atoms with Gasteiger partial charge in [0.1, 0.15) is 0 Å². The fourth-order valence-electron chi connectivity index (χ4n) is 3.15. The first-order chi connectivity index (χ1) is 10.1. The number of benzene rings is 1. The minimum absolute atomic E-state index is 0.187. The molecule has 0 aliphatic heterocycles. The van der Waals surface area contributed by atoms with Gasteiger partial charge in [-0.2, -0.15) is 0 Å². The van der Waals surface area contributed by atoms with E-state index < -0.39 is 16.8 Å². The highest BCUT2D eigenvalue weighted by Gasteiger charge is 2.58. The van der Waals surface area contributed by atoms with E-state index in [0.29, 0.717) is 28.6 Å². The average Bonchev–Trinajstić information content (AvgIpc) is 2.66. The number of hydrogen-bond acceptors (Lipinski definition) is 2. The molecule has 22 heavy (non-hydrogen) atoms. The van der Waals surface area contributed by atoms with Crippen LogP contribution in [0.15, 0.2) is 18.2 Å². The van der Waals surface area contributed by atoms with Gasteiger partial charge in [0, 0.05) is 11.6 Å². The van der Waals surface area contributed by atoms with Crippen LogP contribution in [0.25, 0.3) is 0 Å². The molecule has 1 aromatic carbocycles. The Morgan fingerprint density at radius 2 is 1.86 bits per heavy atom. The summed E-state index contributed by atoms with van der Waals surface area (Å²) in [5.74, 6) is -1.42. The fourth-order valence-corrected chi connectivity index (χ4v) is 3.44. The third-order valence-corrected chi connectivity index (χ3v) is 5.94. The maximum atomic E-state index is 12.6. The van der Waals surface area contributed by atoms with Crippen molar-refractivity contribution in [2.75, 3.05) is 5.32 Å². The number of hydrogen-bond donors (Lipinski definition) is 2. The van der Waals surface area contributed by atoms with Crippen LogP contribution in [-0.2, 0) is 9.59 Å². The molecule has 0 unspecified atom stereocenters. The van der Waals surface area contributed by atoms with Crippen LogP contribution in [0.4, 0.5) is 5.69 Å². The van der Waals surface area contributed by atoms with Crippen molar-refractivity contribution in [2.45, 2.75) is 33.6 Å². The van der Waals surface area contributed by atoms with Crippen molar-refractivity contribution in [3.05, 3.63) is 28.2 Å². The summed E-state index contributed by atoms with van der Waals surface area (Å²) in [5.41, 5.74) is -0.995. The van der Waals surface area contributed by atoms with Crippen LogP contribution in [-0.4, -0.2) is 17.0 Å². The monoisotopic (exact) mass is 343 g/mol. The Morgan fingerprint density at radius 3 is 2.36 bits per heavy atom. The first-order valence-electron chi connectivity index (χ1n) is 7.09. The third-order valence-electron chi connectivity index (χ3n) is 5.20. The topological polar surface area (TPSA) is 66.4 Å². The van der Waals surface area contributed by atoms with Crippen LogP contribution >= 0.6 is 23.2 Å². The number of carboxylic acid groups (broad SMARTS) is 1. The van der Waals surface area contributed by atoms with Gasteiger partial charge in [0.2, 0.25) is 5.91 Å². The van der Waals surface area contributed by atoms with Gasteiger partial charge in [-0.25, -0.2) is 0 Å². The highest BCUT2D eigenvalue weighted by Crippen LogP contribution is 2.56. The number of carbonyl (C=O) groups excluding carboxylic acids is 1. The summed E-state index contributed by atoms with van der Waals surface area (Å²) in [5, 5.41) is 13.1. The van der Waals surface area contributed by atoms with Gasteiger partial charge in [0.15, 0.2) is 0 Å². The first kappa shape index (κ1) is 17.1. The number of halogens is 2. The van der Waals surface area contributed by atoms with E-state index in [4.69, 9.17) is 23.2 Å². The van der Waals surface area contributed by atoms with Crippen LogP contribution in [0.3, 0.4) is 0 Å². The predicted octanol–water partition coefficient (Wildman–Crippen LogP) is 4.46. The first-order valence-corrected chi connectivity index (χ1v) is 7.84. The zero-order valence-corrected chi connectivity index (χ0v) is 14.3. The number of carboxylic acids is 1. The molecule has 0 radical (unpaired) electrons. The van der Waals surface area contributed by atoms with E-state index in [1.54, 1.807) is 25.1 Å². The van der Waals surface area contributed by atoms with Crippen LogP contribution in [0.5, 0.6) is 0 Å². The predicted molar refractivity (Wildman–Crippen MR) is 87.3 cm³/mol. The maximum Gasteiger partial charge on any atom is 0.309 e. The molecule has 120 valence electrons. The molecule has 0 heterocycles. The van der Waals surface area contributed by atoms with E-state index in [1.165, 1.54) is 0 Å². The molecule has 1 saturated carbocycles. The Kier molecular flexibility index (Phi) is 4.46. The molecule has 2 rings (SSSR count). The highest BCUT2D eigenvalue weighted by molar-refractivity contribution is 6.42. The molecule has 4 nitrogen and oxygen atoms in total. The molecule has 0 spiro atoms. The number of rotatable bonds is 3. The minimum Gasteiger partial charge on any atom is -0.481 e. The summed E-state index contributed by atoms with van der Waals surface area (Å²) >= 11 is 11.8. The Labute approximate surface area is 139 Å². The Hall–Kier alpha value is -1.26. The van der Waals surface area contributed by atoms with E-state index in [2.05, 4.69) is 5.32 Å². The SMILES string of the molecule is CC1(C)[C@@H](C(=O)Nc2ccc(Cl)c(Cl)c2)CC[C@]1(C)C(=O)O. The summed E-state index contributed by atoms with van der Waals surface area (Å²) in [7, 11) is 0. The molecule has 0 bridgehead atoms. The summed E-state index contributed by atoms with van der Waals surface area (Å²) in [4.78, 5) is 24.1. The lowest BCUT2D eigenvalue weighted by molar-refractivity contribution is -0.154. The van der Waals surface area contributed by atoms with E-state index >= 15 is 0 Å². The second-order valence-corrected chi connectivity index (χ2v) is 7.38. The van der Waals surface area contributed by atoms with Crippen LogP contribution in [0.1, 0.15) is 33.6 Å². The molecule has 1 fully saturated rings. The van der Waals surface area contributed by atoms with Gasteiger partial charge in [-0.15, -0.1) is 0 Å². The van der Waals surface area contributed by atoms with E-state index in [0.717, 1.165) is 0 Å². The quantitative estimate of drug-likeness (QED) is 0.851. The summed E-state index contributed by atoms with van der Waals surface area (Å²) in [6, 6.07) is 4.87. The second-order valence-electron chi connectivity index (χ2n) is 6.57. The third kappa shape index (κ3) is 2.70. The highest BCUT2D eigenvalue weighted by atomic mass is 35.5. The van der Waals surface area contributed by atoms with Crippen molar-refractivity contribution in [1.29, 1.82) is 0 Å². The van der Waals surface area contributed by atoms with Crippen LogP contribution in [0.2, 0.25) is 10.0 Å². The maximum absolute atomic E-state index is 12.6. The summed E-state index contributed by atoms with van der Waals surface area (Å²) in [6.45, 7) is 5.39. The number of anilines is 1. The van der Waals surface area contributed by atoms with Crippen molar-refractivity contribution in [3.8, 4) is 0 Å². The van der Waals surface area contributed by atoms with Gasteiger partial charge in [0.25, 0.3) is 0 Å². The molecule has 1 amide bonds. The lowest BCUT2D eigenvalue weighted by atomic mass is 9.65. The molecule has 2 atom stereocenters. The molecule has 2 N–H and O–H groups in total. The Bertz CT molecular complexity index is 630. The second kappa shape index (κ2) is 5.74. The number of carbonyl (C=O) groups is 2. The molecule has 0 saturated heterocycles. The Morgan fingerprint density at radius 1 is 1.23 bits per heavy atom. The fraction of sp³-hybridized carbons (Fsp3) is 0.500. The number of aliphatic carboxylic acids is 1. The summed E-state index contributed by atoms with van der Waals surface area (Å²) < 4.78 is 0. The Balaban J connectivity index is 2.20. The minimum atomic E-state index is -0.910. The lowest BCUT2D eigenvalue weighted by Crippen LogP contribution is -2.43. The van der Waals surface area contributed by atoms with Gasteiger partial charge in [-0.1, -0.05) is 37.0 Å². The van der Waals surface area contributed by atoms with E-state index in [9.17, 15) is 14.7 Å². The smallest absolute Gasteiger partial charge is 0.309 e. The van der Waals surface area contributed by atoms with Crippen molar-refractivity contribution in [2.24, 2.45) is 16.7 Å². The van der Waals surface area contributed by atoms with Gasteiger partial charge < -0.3 is 10.4 Å². The zero-order chi connectivity index (χ0) is 16.7. The van der Waals surface area contributed by atoms with E-state index in [1.807, 2.05) is 13.8 Å². The van der Waals surface area contributed by atoms with Gasteiger partial charge in [0.05, 0.1) is 15.5 Å². The van der Waals surface area contributed by atoms with Crippen LogP contribution < -0.4 is 5.32 Å². The van der Waals surface area contributed by atoms with Crippen molar-refractivity contribution < 1.29 is 14.7 Å². The average molecular weight is 344 g/mol. The van der Waals surface area contributed by atoms with Gasteiger partial charge in [-0.05, 0) is 43.4 Å².